The maximum Gasteiger partial charge on any atom is 0.291 e. The lowest BCUT2D eigenvalue weighted by Crippen LogP contribution is -2.23. The third-order valence-electron chi connectivity index (χ3n) is 5.84. The number of aromatic nitrogens is 6. The Labute approximate surface area is 220 Å². The van der Waals surface area contributed by atoms with Gasteiger partial charge < -0.3 is 4.74 Å². The number of hydrogen-bond donors (Lipinski definition) is 0. The van der Waals surface area contributed by atoms with Crippen LogP contribution < -0.4 is 14.8 Å². The number of ether oxygens (including phenoxy) is 1. The molecule has 0 spiro atoms. The molecule has 38 heavy (non-hydrogen) atoms. The number of para-hydroxylation sites is 1. The van der Waals surface area contributed by atoms with Crippen molar-refractivity contribution in [1.29, 1.82) is 0 Å². The predicted molar refractivity (Wildman–Crippen MR) is 144 cm³/mol. The molecule has 0 saturated carbocycles. The van der Waals surface area contributed by atoms with Crippen LogP contribution in [0.3, 0.4) is 0 Å². The van der Waals surface area contributed by atoms with Gasteiger partial charge in [-0.3, -0.25) is 9.78 Å². The van der Waals surface area contributed by atoms with Crippen LogP contribution in [0.4, 0.5) is 4.39 Å². The van der Waals surface area contributed by atoms with E-state index < -0.39 is 5.82 Å². The number of nitrogens with zero attached hydrogens (tertiary/aromatic N) is 6. The Kier molecular flexibility index (Phi) is 6.22. The minimum Gasteiger partial charge on any atom is -0.491 e. The average Bonchev–Trinajstić information content (AvgIpc) is 3.64. The van der Waals surface area contributed by atoms with E-state index in [1.807, 2.05) is 43.5 Å². The fraction of sp³-hybridized carbons (Fsp3) is 0.107. The maximum atomic E-state index is 14.8. The minimum absolute atomic E-state index is 0.195. The number of hydrogen-bond acceptors (Lipinski definition) is 7. The first kappa shape index (κ1) is 23.7. The molecule has 0 fully saturated rings. The van der Waals surface area contributed by atoms with Crippen molar-refractivity contribution in [3.05, 3.63) is 106 Å². The van der Waals surface area contributed by atoms with Crippen LogP contribution in [-0.4, -0.2) is 36.0 Å². The van der Waals surface area contributed by atoms with Gasteiger partial charge in [-0.1, -0.05) is 36.5 Å². The highest BCUT2D eigenvalue weighted by Crippen LogP contribution is 2.29. The smallest absolute Gasteiger partial charge is 0.291 e. The molecule has 0 aliphatic carbocycles. The van der Waals surface area contributed by atoms with Gasteiger partial charge in [-0.05, 0) is 55.0 Å². The fourth-order valence-electron chi connectivity index (χ4n) is 4.01. The van der Waals surface area contributed by atoms with Gasteiger partial charge in [0.15, 0.2) is 17.4 Å². The molecular formula is C28H21FN6O2S. The van der Waals surface area contributed by atoms with E-state index in [0.717, 1.165) is 17.7 Å². The highest BCUT2D eigenvalue weighted by Gasteiger charge is 2.16. The number of fused-ring (bicyclic) bond motifs is 1. The van der Waals surface area contributed by atoms with Gasteiger partial charge >= 0.3 is 0 Å². The number of benzene rings is 2. The molecule has 0 N–H and O–H groups in total. The number of rotatable bonds is 7. The van der Waals surface area contributed by atoms with Gasteiger partial charge in [0.1, 0.15) is 5.69 Å². The summed E-state index contributed by atoms with van der Waals surface area (Å²) in [6.45, 7) is 2.40. The topological polar surface area (TPSA) is 87.2 Å². The van der Waals surface area contributed by atoms with Crippen molar-refractivity contribution < 1.29 is 9.13 Å². The molecule has 0 radical (unpaired) electrons. The van der Waals surface area contributed by atoms with Gasteiger partial charge in [-0.2, -0.15) is 14.6 Å². The summed E-state index contributed by atoms with van der Waals surface area (Å²) in [5, 5.41) is 9.14. The molecule has 0 aliphatic rings. The molecule has 0 saturated heterocycles. The second-order valence-corrected chi connectivity index (χ2v) is 9.50. The maximum absolute atomic E-state index is 14.8. The Hall–Kier alpha value is -4.70. The molecule has 6 rings (SSSR count). The van der Waals surface area contributed by atoms with E-state index in [-0.39, 0.29) is 11.3 Å². The largest absolute Gasteiger partial charge is 0.491 e. The zero-order chi connectivity index (χ0) is 26.1. The average molecular weight is 525 g/mol. The molecule has 0 unspecified atom stereocenters. The number of thiazole rings is 1. The minimum atomic E-state index is -0.469. The van der Waals surface area contributed by atoms with Gasteiger partial charge in [0.25, 0.3) is 5.56 Å². The lowest BCUT2D eigenvalue weighted by Gasteiger charge is -2.07. The Morgan fingerprint density at radius 1 is 1.03 bits per heavy atom. The molecule has 0 amide bonds. The van der Waals surface area contributed by atoms with Crippen molar-refractivity contribution in [3.63, 3.8) is 0 Å². The third kappa shape index (κ3) is 4.46. The highest BCUT2D eigenvalue weighted by atomic mass is 32.1. The van der Waals surface area contributed by atoms with Gasteiger partial charge in [-0.15, -0.1) is 5.10 Å². The first-order valence-corrected chi connectivity index (χ1v) is 12.8. The summed E-state index contributed by atoms with van der Waals surface area (Å²) in [6, 6.07) is 17.9. The van der Waals surface area contributed by atoms with Crippen LogP contribution in [-0.2, 0) is 0 Å². The van der Waals surface area contributed by atoms with Gasteiger partial charge in [-0.25, -0.2) is 9.07 Å². The molecule has 4 heterocycles. The lowest BCUT2D eigenvalue weighted by atomic mass is 10.1. The second-order valence-electron chi connectivity index (χ2n) is 8.49. The van der Waals surface area contributed by atoms with Crippen molar-refractivity contribution in [3.8, 4) is 34.1 Å². The van der Waals surface area contributed by atoms with E-state index in [0.29, 0.717) is 38.7 Å². The van der Waals surface area contributed by atoms with Crippen LogP contribution in [0.25, 0.3) is 39.4 Å². The van der Waals surface area contributed by atoms with Crippen LogP contribution >= 0.6 is 11.3 Å². The van der Waals surface area contributed by atoms with Gasteiger partial charge in [0.2, 0.25) is 4.96 Å². The van der Waals surface area contributed by atoms with Crippen LogP contribution in [0.5, 0.6) is 5.75 Å². The zero-order valence-corrected chi connectivity index (χ0v) is 21.1. The molecule has 8 nitrogen and oxygen atoms in total. The van der Waals surface area contributed by atoms with Crippen molar-refractivity contribution >= 4 is 22.4 Å². The fourth-order valence-corrected chi connectivity index (χ4v) is 4.90. The Morgan fingerprint density at radius 2 is 1.84 bits per heavy atom. The first-order valence-electron chi connectivity index (χ1n) is 12.0. The number of pyridine rings is 1. The van der Waals surface area contributed by atoms with Crippen LogP contribution in [0, 0.1) is 5.82 Å². The van der Waals surface area contributed by atoms with Crippen molar-refractivity contribution in [2.24, 2.45) is 0 Å². The summed E-state index contributed by atoms with van der Waals surface area (Å²) in [5.74, 6) is 0.185. The molecule has 6 aromatic rings. The van der Waals surface area contributed by atoms with E-state index in [1.54, 1.807) is 47.4 Å². The van der Waals surface area contributed by atoms with E-state index in [4.69, 9.17) is 9.84 Å². The Balaban J connectivity index is 1.46. The van der Waals surface area contributed by atoms with Crippen LogP contribution in [0.2, 0.25) is 0 Å². The molecule has 0 bridgehead atoms. The summed E-state index contributed by atoms with van der Waals surface area (Å²) < 4.78 is 23.8. The standard InChI is InChI=1S/C28H21FN6O2S/c1-2-14-37-23-9-8-19(15-22(23)29)25-20(17-34(32-25)21-6-4-3-5-7-21)16-24-27(36)35-28(38-24)31-26(33-35)18-10-12-30-13-11-18/h3-13,15-17H,2,14H2,1H3. The third-order valence-corrected chi connectivity index (χ3v) is 6.80. The Morgan fingerprint density at radius 3 is 2.58 bits per heavy atom. The molecule has 0 atom stereocenters. The number of halogens is 1. The molecule has 0 aliphatic heterocycles. The summed E-state index contributed by atoms with van der Waals surface area (Å²) in [7, 11) is 0. The zero-order valence-electron chi connectivity index (χ0n) is 20.3. The normalized spacial score (nSPS) is 11.9. The van der Waals surface area contributed by atoms with Gasteiger partial charge in [0.05, 0.1) is 16.8 Å². The van der Waals surface area contributed by atoms with Gasteiger partial charge in [0, 0.05) is 35.3 Å². The van der Waals surface area contributed by atoms with Crippen LogP contribution in [0.15, 0.2) is 84.0 Å². The Bertz CT molecular complexity index is 1850. The van der Waals surface area contributed by atoms with E-state index >= 15 is 0 Å². The highest BCUT2D eigenvalue weighted by molar-refractivity contribution is 7.15. The quantitative estimate of drug-likeness (QED) is 0.305. The second kappa shape index (κ2) is 9.98. The monoisotopic (exact) mass is 524 g/mol. The molecular weight excluding hydrogens is 503 g/mol. The molecule has 188 valence electrons. The van der Waals surface area contributed by atoms with Crippen LogP contribution in [0.1, 0.15) is 18.9 Å². The SMILES string of the molecule is CCCOc1ccc(-c2nn(-c3ccccc3)cc2C=c2sc3nc(-c4ccncc4)nn3c2=O)cc1F. The van der Waals surface area contributed by atoms with Crippen molar-refractivity contribution in [2.45, 2.75) is 13.3 Å². The van der Waals surface area contributed by atoms with E-state index in [1.165, 1.54) is 21.9 Å². The lowest BCUT2D eigenvalue weighted by molar-refractivity contribution is 0.301. The molecule has 2 aromatic carbocycles. The summed E-state index contributed by atoms with van der Waals surface area (Å²) in [6.07, 6.45) is 7.65. The summed E-state index contributed by atoms with van der Waals surface area (Å²) >= 11 is 1.23. The van der Waals surface area contributed by atoms with E-state index in [2.05, 4.69) is 15.1 Å². The summed E-state index contributed by atoms with van der Waals surface area (Å²) in [5.41, 5.74) is 3.09. The first-order chi connectivity index (χ1) is 18.6. The van der Waals surface area contributed by atoms with Crippen molar-refractivity contribution in [1.82, 2.24) is 29.4 Å². The molecule has 4 aromatic heterocycles. The molecule has 10 heteroatoms. The van der Waals surface area contributed by atoms with E-state index in [9.17, 15) is 9.18 Å². The van der Waals surface area contributed by atoms with Crippen molar-refractivity contribution in [2.75, 3.05) is 6.61 Å². The predicted octanol–water partition coefficient (Wildman–Crippen LogP) is 4.54. The summed E-state index contributed by atoms with van der Waals surface area (Å²) in [4.78, 5) is 22.2.